The van der Waals surface area contributed by atoms with Gasteiger partial charge in [0.25, 0.3) is 0 Å². The topological polar surface area (TPSA) is 12.9 Å². The first-order valence-corrected chi connectivity index (χ1v) is 5.67. The van der Waals surface area contributed by atoms with Crippen molar-refractivity contribution in [2.24, 2.45) is 0 Å². The van der Waals surface area contributed by atoms with Gasteiger partial charge in [-0.05, 0) is 18.9 Å². The Hall–Kier alpha value is -0.410. The first-order valence-electron chi connectivity index (χ1n) is 4.03. The summed E-state index contributed by atoms with van der Waals surface area (Å²) in [5.74, 6) is 0.636. The minimum atomic E-state index is 0.636. The van der Waals surface area contributed by atoms with Gasteiger partial charge in [0.1, 0.15) is 4.83 Å². The number of thiazole rings is 1. The molecule has 1 nitrogen and oxygen atoms in total. The highest BCUT2D eigenvalue weighted by Gasteiger charge is 2.08. The van der Waals surface area contributed by atoms with Crippen LogP contribution in [0.5, 0.6) is 0 Å². The van der Waals surface area contributed by atoms with E-state index in [2.05, 4.69) is 31.8 Å². The van der Waals surface area contributed by atoms with Crippen LogP contribution in [0, 0.1) is 6.92 Å². The molecule has 0 N–H and O–H groups in total. The van der Waals surface area contributed by atoms with Crippen LogP contribution >= 0.6 is 22.7 Å². The second-order valence-electron chi connectivity index (χ2n) is 3.21. The van der Waals surface area contributed by atoms with Crippen LogP contribution in [-0.4, -0.2) is 4.98 Å². The summed E-state index contributed by atoms with van der Waals surface area (Å²) in [6.07, 6.45) is 0. The Balaban J connectivity index is 2.57. The van der Waals surface area contributed by atoms with Crippen molar-refractivity contribution in [2.75, 3.05) is 0 Å². The summed E-state index contributed by atoms with van der Waals surface area (Å²) < 4.78 is 1.35. The van der Waals surface area contributed by atoms with Gasteiger partial charge >= 0.3 is 0 Å². The highest BCUT2D eigenvalue weighted by Crippen LogP contribution is 2.33. The van der Waals surface area contributed by atoms with Crippen LogP contribution in [0.3, 0.4) is 0 Å². The van der Waals surface area contributed by atoms with E-state index in [1.54, 1.807) is 11.3 Å². The Morgan fingerprint density at radius 2 is 2.08 bits per heavy atom. The molecule has 12 heavy (non-hydrogen) atoms. The zero-order valence-electron chi connectivity index (χ0n) is 7.42. The summed E-state index contributed by atoms with van der Waals surface area (Å²) in [5.41, 5.74) is 0. The van der Waals surface area contributed by atoms with Gasteiger partial charge in [0.15, 0.2) is 0 Å². The smallest absolute Gasteiger partial charge is 0.134 e. The molecular weight excluding hydrogens is 186 g/mol. The zero-order chi connectivity index (χ0) is 8.72. The summed E-state index contributed by atoms with van der Waals surface area (Å²) in [5, 5.41) is 1.17. The Bertz CT molecular complexity index is 366. The van der Waals surface area contributed by atoms with Crippen molar-refractivity contribution in [3.05, 3.63) is 16.0 Å². The summed E-state index contributed by atoms with van der Waals surface area (Å²) in [6, 6.07) is 2.27. The van der Waals surface area contributed by atoms with Crippen molar-refractivity contribution < 1.29 is 0 Å². The number of nitrogens with zero attached hydrogens (tertiary/aromatic N) is 1. The fraction of sp³-hybridized carbons (Fsp3) is 0.444. The molecule has 2 heterocycles. The molecule has 3 heteroatoms. The summed E-state index contributed by atoms with van der Waals surface area (Å²) in [7, 11) is 0. The molecule has 64 valence electrons. The number of hydrogen-bond acceptors (Lipinski definition) is 3. The molecule has 0 radical (unpaired) electrons. The molecule has 0 atom stereocenters. The lowest BCUT2D eigenvalue weighted by molar-refractivity contribution is 0.891. The average molecular weight is 197 g/mol. The number of thiophene rings is 1. The van der Waals surface area contributed by atoms with Gasteiger partial charge in [0.2, 0.25) is 0 Å². The molecular formula is C9H11NS2. The van der Waals surface area contributed by atoms with Gasteiger partial charge in [0, 0.05) is 4.88 Å². The van der Waals surface area contributed by atoms with Crippen LogP contribution in [0.15, 0.2) is 6.07 Å². The van der Waals surface area contributed by atoms with Crippen molar-refractivity contribution >= 4 is 32.2 Å². The molecule has 2 aromatic heterocycles. The van der Waals surface area contributed by atoms with Crippen LogP contribution in [0.4, 0.5) is 0 Å². The predicted octanol–water partition coefficient (Wildman–Crippen LogP) is 3.79. The number of rotatable bonds is 1. The van der Waals surface area contributed by atoms with E-state index in [1.165, 1.54) is 19.4 Å². The molecule has 2 aromatic rings. The minimum Gasteiger partial charge on any atom is -0.231 e. The Morgan fingerprint density at radius 1 is 1.33 bits per heavy atom. The summed E-state index contributed by atoms with van der Waals surface area (Å²) in [6.45, 7) is 6.51. The SMILES string of the molecule is Cc1nc2sc(C(C)C)cc2s1. The lowest BCUT2D eigenvalue weighted by atomic mass is 10.2. The van der Waals surface area contributed by atoms with E-state index >= 15 is 0 Å². The third-order valence-electron chi connectivity index (χ3n) is 1.78. The van der Waals surface area contributed by atoms with E-state index in [1.807, 2.05) is 11.3 Å². The third-order valence-corrected chi connectivity index (χ3v) is 4.16. The summed E-state index contributed by atoms with van der Waals surface area (Å²) in [4.78, 5) is 7.11. The second-order valence-corrected chi connectivity index (χ2v) is 5.50. The van der Waals surface area contributed by atoms with Crippen LogP contribution in [0.1, 0.15) is 29.7 Å². The fourth-order valence-corrected chi connectivity index (χ4v) is 3.28. The van der Waals surface area contributed by atoms with E-state index < -0.39 is 0 Å². The molecule has 0 bridgehead atoms. The van der Waals surface area contributed by atoms with Gasteiger partial charge in [-0.1, -0.05) is 13.8 Å². The number of aryl methyl sites for hydroxylation is 1. The second kappa shape index (κ2) is 2.82. The third kappa shape index (κ3) is 1.27. The number of aromatic nitrogens is 1. The fourth-order valence-electron chi connectivity index (χ4n) is 1.14. The summed E-state index contributed by atoms with van der Waals surface area (Å²) >= 11 is 3.62. The highest BCUT2D eigenvalue weighted by molar-refractivity contribution is 7.27. The molecule has 2 rings (SSSR count). The van der Waals surface area contributed by atoms with E-state index in [4.69, 9.17) is 0 Å². The quantitative estimate of drug-likeness (QED) is 0.678. The van der Waals surface area contributed by atoms with E-state index in [9.17, 15) is 0 Å². The van der Waals surface area contributed by atoms with Gasteiger partial charge < -0.3 is 0 Å². The standard InChI is InChI=1S/C9H11NS2/c1-5(2)7-4-8-9(12-7)10-6(3)11-8/h4-5H,1-3H3. The van der Waals surface area contributed by atoms with Crippen molar-refractivity contribution in [3.8, 4) is 0 Å². The van der Waals surface area contributed by atoms with Gasteiger partial charge in [-0.25, -0.2) is 4.98 Å². The lowest BCUT2D eigenvalue weighted by Crippen LogP contribution is -1.77. The molecule has 0 saturated heterocycles. The molecule has 0 aliphatic carbocycles. The van der Waals surface area contributed by atoms with Gasteiger partial charge in [-0.3, -0.25) is 0 Å². The zero-order valence-corrected chi connectivity index (χ0v) is 9.05. The molecule has 0 amide bonds. The van der Waals surface area contributed by atoms with E-state index in [0.717, 1.165) is 0 Å². The maximum absolute atomic E-state index is 4.45. The monoisotopic (exact) mass is 197 g/mol. The molecule has 0 saturated carbocycles. The predicted molar refractivity (Wildman–Crippen MR) is 56.3 cm³/mol. The molecule has 0 aliphatic rings. The normalized spacial score (nSPS) is 11.7. The van der Waals surface area contributed by atoms with Crippen molar-refractivity contribution in [2.45, 2.75) is 26.7 Å². The van der Waals surface area contributed by atoms with Crippen molar-refractivity contribution in [1.82, 2.24) is 4.98 Å². The largest absolute Gasteiger partial charge is 0.231 e. The Morgan fingerprint density at radius 3 is 2.67 bits per heavy atom. The number of hydrogen-bond donors (Lipinski definition) is 0. The average Bonchev–Trinajstić information content (AvgIpc) is 2.42. The van der Waals surface area contributed by atoms with E-state index in [0.29, 0.717) is 5.92 Å². The Labute approximate surface area is 80.1 Å². The molecule has 0 aromatic carbocycles. The molecule has 0 aliphatic heterocycles. The van der Waals surface area contributed by atoms with Gasteiger partial charge in [0.05, 0.1) is 9.71 Å². The highest BCUT2D eigenvalue weighted by atomic mass is 32.1. The van der Waals surface area contributed by atoms with E-state index in [-0.39, 0.29) is 0 Å². The van der Waals surface area contributed by atoms with Crippen LogP contribution in [-0.2, 0) is 0 Å². The first kappa shape index (κ1) is 8.20. The minimum absolute atomic E-state index is 0.636. The van der Waals surface area contributed by atoms with Gasteiger partial charge in [-0.2, -0.15) is 0 Å². The molecule has 0 unspecified atom stereocenters. The molecule has 0 spiro atoms. The first-order chi connectivity index (χ1) is 5.66. The maximum Gasteiger partial charge on any atom is 0.134 e. The number of fused-ring (bicyclic) bond motifs is 1. The Kier molecular flexibility index (Phi) is 1.93. The lowest BCUT2D eigenvalue weighted by Gasteiger charge is -1.96. The van der Waals surface area contributed by atoms with Crippen LogP contribution in [0.2, 0.25) is 0 Å². The van der Waals surface area contributed by atoms with Gasteiger partial charge in [-0.15, -0.1) is 22.7 Å². The van der Waals surface area contributed by atoms with Crippen molar-refractivity contribution in [3.63, 3.8) is 0 Å². The molecule has 0 fully saturated rings. The van der Waals surface area contributed by atoms with Crippen LogP contribution in [0.25, 0.3) is 9.53 Å². The maximum atomic E-state index is 4.45. The van der Waals surface area contributed by atoms with Crippen LogP contribution < -0.4 is 0 Å². The van der Waals surface area contributed by atoms with Crippen molar-refractivity contribution in [1.29, 1.82) is 0 Å².